The maximum absolute atomic E-state index is 6.54. The Morgan fingerprint density at radius 1 is 0.683 bits per heavy atom. The quantitative estimate of drug-likeness (QED) is 0.283. The summed E-state index contributed by atoms with van der Waals surface area (Å²) in [7, 11) is -0.217. The van der Waals surface area contributed by atoms with Gasteiger partial charge in [0.2, 0.25) is 0 Å². The van der Waals surface area contributed by atoms with Crippen LogP contribution in [0.25, 0.3) is 11.1 Å². The molecule has 0 aromatic heterocycles. The molecule has 2 aromatic carbocycles. The van der Waals surface area contributed by atoms with E-state index in [1.165, 1.54) is 81.1 Å². The molecule has 0 atom stereocenters. The molecule has 2 aliphatic carbocycles. The molecule has 41 heavy (non-hydrogen) atoms. The van der Waals surface area contributed by atoms with Gasteiger partial charge in [-0.1, -0.05) is 0 Å². The van der Waals surface area contributed by atoms with E-state index in [4.69, 9.17) is 4.74 Å². The zero-order valence-electron chi connectivity index (χ0n) is 28.7. The van der Waals surface area contributed by atoms with E-state index in [0.717, 1.165) is 11.3 Å². The molecule has 2 saturated carbocycles. The van der Waals surface area contributed by atoms with Crippen molar-refractivity contribution in [3.05, 3.63) is 46.5 Å². The monoisotopic (exact) mass is 578 g/mol. The van der Waals surface area contributed by atoms with Crippen LogP contribution in [0.15, 0.2) is 24.3 Å². The summed E-state index contributed by atoms with van der Waals surface area (Å²) in [5.74, 6) is 2.66. The Kier molecular flexibility index (Phi) is 10.4. The van der Waals surface area contributed by atoms with Crippen molar-refractivity contribution < 1.29 is 4.74 Å². The first kappa shape index (κ1) is 32.6. The molecule has 2 aliphatic rings. The van der Waals surface area contributed by atoms with Gasteiger partial charge in [0.05, 0.1) is 0 Å². The van der Waals surface area contributed by atoms with Gasteiger partial charge in [-0.2, -0.15) is 0 Å². The van der Waals surface area contributed by atoms with Crippen LogP contribution in [0.5, 0.6) is 5.75 Å². The van der Waals surface area contributed by atoms with Gasteiger partial charge in [-0.15, -0.1) is 0 Å². The van der Waals surface area contributed by atoms with Gasteiger partial charge in [0, 0.05) is 0 Å². The van der Waals surface area contributed by atoms with E-state index in [1.807, 2.05) is 7.11 Å². The van der Waals surface area contributed by atoms with Crippen LogP contribution >= 0.6 is 7.26 Å². The fourth-order valence-corrected chi connectivity index (χ4v) is 17.9. The molecule has 0 saturated heterocycles. The molecular weight excluding hydrogens is 515 g/mol. The normalized spacial score (nSPS) is 18.5. The minimum absolute atomic E-state index is 0.251. The predicted octanol–water partition coefficient (Wildman–Crippen LogP) is 11.9. The molecule has 2 aromatic rings. The average molecular weight is 579 g/mol. The zero-order valence-corrected chi connectivity index (χ0v) is 29.7. The summed E-state index contributed by atoms with van der Waals surface area (Å²) >= 11 is 0. The summed E-state index contributed by atoms with van der Waals surface area (Å²) < 4.78 is 6.54. The summed E-state index contributed by atoms with van der Waals surface area (Å²) in [6.07, 6.45) is 14.1. The molecule has 0 bridgehead atoms. The van der Waals surface area contributed by atoms with Crippen molar-refractivity contribution in [1.82, 2.24) is 0 Å². The number of hydrogen-bond acceptors (Lipinski definition) is 1. The number of hydrogen-bond donors (Lipinski definition) is 0. The molecular formula is C39H63OP. The van der Waals surface area contributed by atoms with Gasteiger partial charge in [0.25, 0.3) is 0 Å². The van der Waals surface area contributed by atoms with Gasteiger partial charge < -0.3 is 0 Å². The van der Waals surface area contributed by atoms with E-state index < -0.39 is 7.26 Å². The van der Waals surface area contributed by atoms with Gasteiger partial charge in [0.1, 0.15) is 0 Å². The standard InChI is InChI=1S/C39H63OP/c1-26(2)30-24-33(27(3)4)37(34(25-30)28(5)6)36-29(7)22-23-35(40-11)38(36)41(39(8,9)10,31-18-14-12-15-19-31)32-20-16-13-17-21-32/h22-28,31-32,41H,12-21H2,1-11H3. The Balaban J connectivity index is 2.22. The van der Waals surface area contributed by atoms with Crippen molar-refractivity contribution in [2.75, 3.05) is 7.11 Å². The number of methoxy groups -OCH3 is 1. The van der Waals surface area contributed by atoms with Crippen LogP contribution in [0.3, 0.4) is 0 Å². The van der Waals surface area contributed by atoms with E-state index >= 15 is 0 Å². The summed E-state index contributed by atoms with van der Waals surface area (Å²) in [6, 6.07) is 9.88. The Hall–Kier alpha value is -1.33. The third kappa shape index (κ3) is 6.06. The second-order valence-corrected chi connectivity index (χ2v) is 21.0. The molecule has 0 heterocycles. The van der Waals surface area contributed by atoms with Crippen LogP contribution in [-0.2, 0) is 0 Å². The summed E-state index contributed by atoms with van der Waals surface area (Å²) in [5.41, 5.74) is 10.8. The molecule has 0 amide bonds. The third-order valence-electron chi connectivity index (χ3n) is 11.1. The van der Waals surface area contributed by atoms with Gasteiger partial charge in [-0.25, -0.2) is 0 Å². The van der Waals surface area contributed by atoms with E-state index in [0.29, 0.717) is 17.8 Å². The van der Waals surface area contributed by atoms with Gasteiger partial charge >= 0.3 is 255 Å². The van der Waals surface area contributed by atoms with E-state index in [9.17, 15) is 0 Å². The Bertz CT molecular complexity index is 1120. The summed E-state index contributed by atoms with van der Waals surface area (Å²) in [5, 5.41) is 1.95. The van der Waals surface area contributed by atoms with Crippen molar-refractivity contribution in [2.45, 2.75) is 168 Å². The fraction of sp³-hybridized carbons (Fsp3) is 0.692. The fourth-order valence-electron chi connectivity index (χ4n) is 9.29. The molecule has 0 aliphatic heterocycles. The number of rotatable bonds is 8. The predicted molar refractivity (Wildman–Crippen MR) is 187 cm³/mol. The van der Waals surface area contributed by atoms with Gasteiger partial charge in [0.15, 0.2) is 0 Å². The number of ether oxygens (including phenoxy) is 1. The van der Waals surface area contributed by atoms with Crippen molar-refractivity contribution >= 4 is 12.6 Å². The van der Waals surface area contributed by atoms with Crippen LogP contribution in [-0.4, -0.2) is 23.6 Å². The first-order valence-corrected chi connectivity index (χ1v) is 19.4. The second-order valence-electron chi connectivity index (χ2n) is 15.7. The first-order valence-electron chi connectivity index (χ1n) is 17.2. The molecule has 1 nitrogen and oxygen atoms in total. The van der Waals surface area contributed by atoms with Crippen LogP contribution in [0.4, 0.5) is 0 Å². The number of aryl methyl sites for hydroxylation is 1. The molecule has 0 N–H and O–H groups in total. The van der Waals surface area contributed by atoms with Crippen LogP contribution in [0, 0.1) is 6.92 Å². The zero-order chi connectivity index (χ0) is 30.1. The molecule has 0 unspecified atom stereocenters. The molecule has 0 spiro atoms. The van der Waals surface area contributed by atoms with Crippen molar-refractivity contribution in [1.29, 1.82) is 0 Å². The third-order valence-corrected chi connectivity index (χ3v) is 18.7. The number of benzene rings is 2. The SMILES string of the molecule is COc1ccc(C)c(-c2c(C(C)C)cc(C(C)C)cc2C(C)C)c1[PH](C1CCCCC1)(C1CCCCC1)C(C)(C)C. The maximum atomic E-state index is 6.54. The van der Waals surface area contributed by atoms with Crippen molar-refractivity contribution in [3.63, 3.8) is 0 Å². The van der Waals surface area contributed by atoms with E-state index in [-0.39, 0.29) is 5.16 Å². The van der Waals surface area contributed by atoms with E-state index in [1.54, 1.807) is 27.6 Å². The van der Waals surface area contributed by atoms with Gasteiger partial charge in [-0.05, 0) is 0 Å². The second kappa shape index (κ2) is 13.1. The molecule has 230 valence electrons. The summed E-state index contributed by atoms with van der Waals surface area (Å²) in [4.78, 5) is 0. The van der Waals surface area contributed by atoms with E-state index in [2.05, 4.69) is 93.5 Å². The molecule has 0 radical (unpaired) electrons. The topological polar surface area (TPSA) is 9.23 Å². The first-order chi connectivity index (χ1) is 19.4. The van der Waals surface area contributed by atoms with Crippen molar-refractivity contribution in [2.24, 2.45) is 0 Å². The Morgan fingerprint density at radius 2 is 1.15 bits per heavy atom. The van der Waals surface area contributed by atoms with Crippen molar-refractivity contribution in [3.8, 4) is 16.9 Å². The molecule has 2 fully saturated rings. The molecule has 4 rings (SSSR count). The van der Waals surface area contributed by atoms with Crippen LogP contribution < -0.4 is 10.0 Å². The van der Waals surface area contributed by atoms with Crippen LogP contribution in [0.2, 0.25) is 0 Å². The minimum atomic E-state index is -2.17. The Morgan fingerprint density at radius 3 is 1.51 bits per heavy atom. The van der Waals surface area contributed by atoms with Gasteiger partial charge in [-0.3, -0.25) is 0 Å². The van der Waals surface area contributed by atoms with Crippen LogP contribution in [0.1, 0.15) is 167 Å². The summed E-state index contributed by atoms with van der Waals surface area (Å²) in [6.45, 7) is 24.7. The average Bonchev–Trinajstić information content (AvgIpc) is 2.93. The Labute approximate surface area is 255 Å². The molecule has 2 heteroatoms.